The average Bonchev–Trinajstić information content (AvgIpc) is 2.82. The molecule has 2 aromatic heterocycles. The van der Waals surface area contributed by atoms with Gasteiger partial charge in [0.05, 0.1) is 17.9 Å². The summed E-state index contributed by atoms with van der Waals surface area (Å²) in [5.74, 6) is -0.281. The predicted molar refractivity (Wildman–Crippen MR) is 125 cm³/mol. The molecule has 4 rings (SSSR count). The number of ether oxygens (including phenoxy) is 1. The van der Waals surface area contributed by atoms with Gasteiger partial charge in [-0.15, -0.1) is 0 Å². The number of rotatable bonds is 8. The number of benzene rings is 2. The molecule has 0 radical (unpaired) electrons. The van der Waals surface area contributed by atoms with E-state index in [0.717, 1.165) is 6.42 Å². The first-order valence-corrected chi connectivity index (χ1v) is 10.8. The number of aromatic nitrogens is 3. The zero-order chi connectivity index (χ0) is 24.1. The number of aryl methyl sites for hydroxylation is 2. The summed E-state index contributed by atoms with van der Waals surface area (Å²) in [6.45, 7) is 1.96. The van der Waals surface area contributed by atoms with Crippen LogP contribution in [-0.4, -0.2) is 21.6 Å². The van der Waals surface area contributed by atoms with Gasteiger partial charge in [-0.25, -0.2) is 18.2 Å². The highest BCUT2D eigenvalue weighted by atomic mass is 19.3. The van der Waals surface area contributed by atoms with Crippen molar-refractivity contribution in [2.24, 2.45) is 0 Å². The molecule has 0 saturated heterocycles. The highest BCUT2D eigenvalue weighted by Crippen LogP contribution is 2.39. The fraction of sp³-hybridized carbons (Fsp3) is 0.192. The molecule has 0 unspecified atom stereocenters. The lowest BCUT2D eigenvalue weighted by Crippen LogP contribution is -2.08. The SMILES string of the molecule is Cc1cc(-c2c(OCCCc3ccccc3)nc(N)nc2-c2ccc(F)cc2)cc(C(F)F)n1. The van der Waals surface area contributed by atoms with Gasteiger partial charge in [0.1, 0.15) is 11.5 Å². The number of pyridine rings is 1. The first kappa shape index (κ1) is 23.2. The number of nitrogens with zero attached hydrogens (tertiary/aromatic N) is 3. The van der Waals surface area contributed by atoms with Crippen LogP contribution in [-0.2, 0) is 6.42 Å². The molecule has 2 N–H and O–H groups in total. The van der Waals surface area contributed by atoms with E-state index in [0.29, 0.717) is 41.1 Å². The minimum atomic E-state index is -2.75. The number of hydrogen-bond donors (Lipinski definition) is 1. The van der Waals surface area contributed by atoms with Crippen molar-refractivity contribution in [3.63, 3.8) is 0 Å². The average molecular weight is 464 g/mol. The maximum atomic E-state index is 13.6. The van der Waals surface area contributed by atoms with Crippen molar-refractivity contribution in [2.75, 3.05) is 12.3 Å². The Morgan fingerprint density at radius 2 is 1.65 bits per heavy atom. The van der Waals surface area contributed by atoms with E-state index in [4.69, 9.17) is 10.5 Å². The summed E-state index contributed by atoms with van der Waals surface area (Å²) in [6, 6.07) is 18.6. The Balaban J connectivity index is 1.75. The molecule has 0 saturated carbocycles. The van der Waals surface area contributed by atoms with E-state index in [2.05, 4.69) is 15.0 Å². The Hall–Kier alpha value is -3.94. The van der Waals surface area contributed by atoms with Crippen LogP contribution in [0.15, 0.2) is 66.7 Å². The summed E-state index contributed by atoms with van der Waals surface area (Å²) < 4.78 is 46.6. The molecule has 2 aromatic carbocycles. The molecule has 0 aliphatic heterocycles. The molecule has 0 atom stereocenters. The van der Waals surface area contributed by atoms with Crippen molar-refractivity contribution < 1.29 is 17.9 Å². The zero-order valence-corrected chi connectivity index (χ0v) is 18.5. The first-order valence-electron chi connectivity index (χ1n) is 10.8. The highest BCUT2D eigenvalue weighted by molar-refractivity contribution is 5.85. The highest BCUT2D eigenvalue weighted by Gasteiger charge is 2.21. The normalized spacial score (nSPS) is 11.1. The monoisotopic (exact) mass is 464 g/mol. The summed E-state index contributed by atoms with van der Waals surface area (Å²) in [7, 11) is 0. The van der Waals surface area contributed by atoms with Crippen LogP contribution in [0.25, 0.3) is 22.4 Å². The third-order valence-electron chi connectivity index (χ3n) is 5.19. The van der Waals surface area contributed by atoms with Gasteiger partial charge in [-0.2, -0.15) is 4.98 Å². The Morgan fingerprint density at radius 1 is 0.912 bits per heavy atom. The van der Waals surface area contributed by atoms with E-state index in [-0.39, 0.29) is 17.5 Å². The number of nitrogen functional groups attached to an aromatic ring is 1. The van der Waals surface area contributed by atoms with Crippen molar-refractivity contribution >= 4 is 5.95 Å². The fourth-order valence-corrected chi connectivity index (χ4v) is 3.68. The fourth-order valence-electron chi connectivity index (χ4n) is 3.68. The molecule has 0 aliphatic carbocycles. The molecule has 0 fully saturated rings. The van der Waals surface area contributed by atoms with E-state index in [9.17, 15) is 13.2 Å². The Bertz CT molecular complexity index is 1270. The van der Waals surface area contributed by atoms with Crippen LogP contribution in [0.2, 0.25) is 0 Å². The quantitative estimate of drug-likeness (QED) is 0.315. The minimum absolute atomic E-state index is 0.0407. The molecule has 2 heterocycles. The van der Waals surface area contributed by atoms with Gasteiger partial charge in [-0.3, -0.25) is 4.98 Å². The predicted octanol–water partition coefficient (Wildman–Crippen LogP) is 6.18. The smallest absolute Gasteiger partial charge is 0.280 e. The maximum Gasteiger partial charge on any atom is 0.280 e. The second kappa shape index (κ2) is 10.3. The number of halogens is 3. The van der Waals surface area contributed by atoms with Crippen molar-refractivity contribution in [1.29, 1.82) is 0 Å². The molecule has 0 amide bonds. The first-order chi connectivity index (χ1) is 16.4. The van der Waals surface area contributed by atoms with Crippen molar-refractivity contribution in [3.05, 3.63) is 89.5 Å². The van der Waals surface area contributed by atoms with Gasteiger partial charge < -0.3 is 10.5 Å². The second-order valence-corrected chi connectivity index (χ2v) is 7.78. The van der Waals surface area contributed by atoms with E-state index in [1.807, 2.05) is 30.3 Å². The van der Waals surface area contributed by atoms with Crippen molar-refractivity contribution in [1.82, 2.24) is 15.0 Å². The molecule has 0 spiro atoms. The van der Waals surface area contributed by atoms with Gasteiger partial charge in [0, 0.05) is 11.3 Å². The van der Waals surface area contributed by atoms with Crippen LogP contribution in [0, 0.1) is 12.7 Å². The lowest BCUT2D eigenvalue weighted by atomic mass is 9.99. The second-order valence-electron chi connectivity index (χ2n) is 7.78. The summed E-state index contributed by atoms with van der Waals surface area (Å²) in [5.41, 5.74) is 8.90. The van der Waals surface area contributed by atoms with Crippen LogP contribution in [0.5, 0.6) is 5.88 Å². The van der Waals surface area contributed by atoms with Crippen LogP contribution in [0.3, 0.4) is 0 Å². The molecule has 0 aliphatic rings. The Labute approximate surface area is 195 Å². The molecule has 174 valence electrons. The molecular weight excluding hydrogens is 441 g/mol. The largest absolute Gasteiger partial charge is 0.477 e. The number of hydrogen-bond acceptors (Lipinski definition) is 5. The van der Waals surface area contributed by atoms with Gasteiger partial charge in [0.25, 0.3) is 6.43 Å². The van der Waals surface area contributed by atoms with Crippen LogP contribution in [0.1, 0.15) is 29.8 Å². The van der Waals surface area contributed by atoms with Gasteiger partial charge in [-0.1, -0.05) is 30.3 Å². The summed E-state index contributed by atoms with van der Waals surface area (Å²) in [4.78, 5) is 12.5. The molecule has 8 heteroatoms. The summed E-state index contributed by atoms with van der Waals surface area (Å²) >= 11 is 0. The van der Waals surface area contributed by atoms with Gasteiger partial charge in [0.15, 0.2) is 0 Å². The van der Waals surface area contributed by atoms with Crippen molar-refractivity contribution in [3.8, 4) is 28.3 Å². The Kier molecular flexibility index (Phi) is 7.06. The third-order valence-corrected chi connectivity index (χ3v) is 5.19. The topological polar surface area (TPSA) is 73.9 Å². The lowest BCUT2D eigenvalue weighted by molar-refractivity contribution is 0.146. The van der Waals surface area contributed by atoms with Crippen LogP contribution >= 0.6 is 0 Å². The van der Waals surface area contributed by atoms with Gasteiger partial charge >= 0.3 is 0 Å². The number of anilines is 1. The van der Waals surface area contributed by atoms with Crippen LogP contribution < -0.4 is 10.5 Å². The number of nitrogens with two attached hydrogens (primary N) is 1. The zero-order valence-electron chi connectivity index (χ0n) is 18.5. The van der Waals surface area contributed by atoms with Gasteiger partial charge in [-0.05, 0) is 67.3 Å². The Morgan fingerprint density at radius 3 is 2.35 bits per heavy atom. The van der Waals surface area contributed by atoms with E-state index in [1.54, 1.807) is 25.1 Å². The van der Waals surface area contributed by atoms with Crippen molar-refractivity contribution in [2.45, 2.75) is 26.2 Å². The van der Waals surface area contributed by atoms with Crippen LogP contribution in [0.4, 0.5) is 19.1 Å². The summed E-state index contributed by atoms with van der Waals surface area (Å²) in [5, 5.41) is 0. The van der Waals surface area contributed by atoms with E-state index >= 15 is 0 Å². The van der Waals surface area contributed by atoms with Gasteiger partial charge in [0.2, 0.25) is 11.8 Å². The summed E-state index contributed by atoms with van der Waals surface area (Å²) in [6.07, 6.45) is -1.25. The third kappa shape index (κ3) is 5.51. The molecular formula is C26H23F3N4O. The molecule has 5 nitrogen and oxygen atoms in total. The molecule has 0 bridgehead atoms. The minimum Gasteiger partial charge on any atom is -0.477 e. The van der Waals surface area contributed by atoms with E-state index < -0.39 is 12.2 Å². The maximum absolute atomic E-state index is 13.6. The lowest BCUT2D eigenvalue weighted by Gasteiger charge is -2.16. The standard InChI is InChI=1S/C26H23F3N4O/c1-16-14-19(15-21(31-16)24(28)29)22-23(18-9-11-20(27)12-10-18)32-26(30)33-25(22)34-13-5-8-17-6-3-2-4-7-17/h2-4,6-7,9-12,14-15,24H,5,8,13H2,1H3,(H2,30,32,33). The molecule has 4 aromatic rings. The number of alkyl halides is 2. The molecule has 34 heavy (non-hydrogen) atoms. The van der Waals surface area contributed by atoms with E-state index in [1.165, 1.54) is 23.8 Å².